The van der Waals surface area contributed by atoms with Crippen molar-refractivity contribution in [2.75, 3.05) is 13.1 Å². The van der Waals surface area contributed by atoms with Gasteiger partial charge in [0, 0.05) is 30.6 Å². The molecule has 1 saturated heterocycles. The highest BCUT2D eigenvalue weighted by atomic mass is 19.4. The number of piperidine rings is 1. The summed E-state index contributed by atoms with van der Waals surface area (Å²) in [5.41, 5.74) is -3.23. The molecule has 4 N–H and O–H groups in total. The van der Waals surface area contributed by atoms with Gasteiger partial charge in [0.2, 0.25) is 5.91 Å². The molecule has 2 aliphatic rings. The average Bonchev–Trinajstić information content (AvgIpc) is 3.34. The zero-order valence-electron chi connectivity index (χ0n) is 20.1. The lowest BCUT2D eigenvalue weighted by molar-refractivity contribution is -0.170. The minimum absolute atomic E-state index is 0.0462. The van der Waals surface area contributed by atoms with E-state index in [1.807, 2.05) is 4.90 Å². The number of nitrogens with zero attached hydrogens (tertiary/aromatic N) is 5. The second-order valence-electron chi connectivity index (χ2n) is 9.43. The maximum Gasteiger partial charge on any atom is 0.433 e. The van der Waals surface area contributed by atoms with Crippen LogP contribution in [0.5, 0.6) is 0 Å². The number of carbonyl (C=O) groups is 4. The molecular formula is C22H26F3N5O8. The molecule has 1 aliphatic heterocycles. The standard InChI is InChI=1S/C16H18F3N5O.C6H8O7/c1-9-6-11(9)14(25)23-4-2-10(3-5-23)12-7-13(16(17,18)19)24-15(22-12)20-8-21-24;7-3(8)1-6(13,5(11)12)2-4(9)10/h7-11H,2-6H2,1H3;13H,1-2H2,(H,7,8)(H,9,10)(H,11,12). The van der Waals surface area contributed by atoms with Crippen molar-refractivity contribution in [3.8, 4) is 0 Å². The highest BCUT2D eigenvalue weighted by Crippen LogP contribution is 2.40. The topological polar surface area (TPSA) is 196 Å². The number of carboxylic acids is 3. The fraction of sp³-hybridized carbons (Fsp3) is 0.591. The minimum Gasteiger partial charge on any atom is -0.481 e. The van der Waals surface area contributed by atoms with E-state index in [9.17, 15) is 32.3 Å². The number of carbonyl (C=O) groups excluding carboxylic acids is 1. The van der Waals surface area contributed by atoms with Gasteiger partial charge in [-0.25, -0.2) is 9.78 Å². The maximum absolute atomic E-state index is 13.3. The van der Waals surface area contributed by atoms with E-state index in [-0.39, 0.29) is 23.5 Å². The summed E-state index contributed by atoms with van der Waals surface area (Å²) in [6, 6.07) is 1.06. The molecule has 13 nitrogen and oxygen atoms in total. The van der Waals surface area contributed by atoms with Gasteiger partial charge < -0.3 is 25.3 Å². The third-order valence-corrected chi connectivity index (χ3v) is 6.50. The largest absolute Gasteiger partial charge is 0.481 e. The fourth-order valence-electron chi connectivity index (χ4n) is 4.25. The van der Waals surface area contributed by atoms with E-state index in [0.29, 0.717) is 37.5 Å². The molecule has 1 amide bonds. The van der Waals surface area contributed by atoms with Crippen LogP contribution in [0.3, 0.4) is 0 Å². The van der Waals surface area contributed by atoms with Gasteiger partial charge in [-0.2, -0.15) is 27.8 Å². The Morgan fingerprint density at radius 2 is 1.61 bits per heavy atom. The first kappa shape index (κ1) is 28.7. The van der Waals surface area contributed by atoms with Crippen LogP contribution in [0.15, 0.2) is 12.4 Å². The summed E-state index contributed by atoms with van der Waals surface area (Å²) in [7, 11) is 0. The Hall–Kier alpha value is -3.82. The van der Waals surface area contributed by atoms with Gasteiger partial charge in [-0.05, 0) is 31.2 Å². The van der Waals surface area contributed by atoms with E-state index in [4.69, 9.17) is 20.4 Å². The lowest BCUT2D eigenvalue weighted by atomic mass is 9.92. The van der Waals surface area contributed by atoms with Gasteiger partial charge in [0.1, 0.15) is 6.33 Å². The Kier molecular flexibility index (Phi) is 8.24. The van der Waals surface area contributed by atoms with Crippen molar-refractivity contribution in [1.29, 1.82) is 0 Å². The first-order chi connectivity index (χ1) is 17.6. The van der Waals surface area contributed by atoms with Gasteiger partial charge in [-0.3, -0.25) is 14.4 Å². The van der Waals surface area contributed by atoms with Crippen LogP contribution >= 0.6 is 0 Å². The molecule has 2 unspecified atom stereocenters. The van der Waals surface area contributed by atoms with Crippen molar-refractivity contribution in [2.45, 2.75) is 56.7 Å². The quantitative estimate of drug-likeness (QED) is 0.391. The number of hydrogen-bond donors (Lipinski definition) is 4. The van der Waals surface area contributed by atoms with E-state index < -0.39 is 48.2 Å². The van der Waals surface area contributed by atoms with Crippen molar-refractivity contribution in [3.05, 3.63) is 23.8 Å². The van der Waals surface area contributed by atoms with Crippen LogP contribution in [-0.4, -0.2) is 87.4 Å². The third kappa shape index (κ3) is 6.73. The number of carboxylic acid groups (broad SMARTS) is 3. The number of aromatic nitrogens is 4. The zero-order chi connectivity index (χ0) is 28.4. The first-order valence-corrected chi connectivity index (χ1v) is 11.6. The molecule has 3 heterocycles. The second kappa shape index (κ2) is 10.9. The lowest BCUT2D eigenvalue weighted by Crippen LogP contribution is -2.42. The molecule has 0 spiro atoms. The SMILES string of the molecule is CC1CC1C(=O)N1CCC(c2cc(C(F)(F)F)n3ncnc3n2)CC1.O=C(O)CC(O)(CC(=O)O)C(=O)O. The lowest BCUT2D eigenvalue weighted by Gasteiger charge is -2.32. The predicted octanol–water partition coefficient (Wildman–Crippen LogP) is 1.26. The van der Waals surface area contributed by atoms with Crippen LogP contribution in [0, 0.1) is 11.8 Å². The van der Waals surface area contributed by atoms with Crippen molar-refractivity contribution in [1.82, 2.24) is 24.5 Å². The number of halogens is 3. The molecular weight excluding hydrogens is 519 g/mol. The summed E-state index contributed by atoms with van der Waals surface area (Å²) in [6.07, 6.45) is -3.58. The fourth-order valence-corrected chi connectivity index (χ4v) is 4.25. The number of alkyl halides is 3. The molecule has 2 aromatic heterocycles. The molecule has 1 aliphatic carbocycles. The average molecular weight is 545 g/mol. The van der Waals surface area contributed by atoms with E-state index >= 15 is 0 Å². The van der Waals surface area contributed by atoms with E-state index in [1.54, 1.807) is 0 Å². The molecule has 0 aromatic carbocycles. The molecule has 0 radical (unpaired) electrons. The van der Waals surface area contributed by atoms with Crippen molar-refractivity contribution in [2.24, 2.45) is 11.8 Å². The molecule has 0 bridgehead atoms. The first-order valence-electron chi connectivity index (χ1n) is 11.6. The molecule has 38 heavy (non-hydrogen) atoms. The van der Waals surface area contributed by atoms with Gasteiger partial charge in [0.25, 0.3) is 5.78 Å². The Balaban J connectivity index is 0.000000263. The van der Waals surface area contributed by atoms with Crippen LogP contribution < -0.4 is 0 Å². The van der Waals surface area contributed by atoms with E-state index in [2.05, 4.69) is 22.0 Å². The van der Waals surface area contributed by atoms with Crippen molar-refractivity contribution >= 4 is 29.6 Å². The normalized spacial score (nSPS) is 20.0. The van der Waals surface area contributed by atoms with E-state index in [1.165, 1.54) is 0 Å². The highest BCUT2D eigenvalue weighted by Gasteiger charge is 2.43. The predicted molar refractivity (Wildman–Crippen MR) is 119 cm³/mol. The van der Waals surface area contributed by atoms with Gasteiger partial charge in [-0.15, -0.1) is 0 Å². The zero-order valence-corrected chi connectivity index (χ0v) is 20.1. The number of amides is 1. The smallest absolute Gasteiger partial charge is 0.433 e. The highest BCUT2D eigenvalue weighted by molar-refractivity contribution is 5.88. The summed E-state index contributed by atoms with van der Waals surface area (Å²) in [5.74, 6) is -4.40. The summed E-state index contributed by atoms with van der Waals surface area (Å²) in [5, 5.41) is 37.4. The van der Waals surface area contributed by atoms with Crippen molar-refractivity contribution < 1.29 is 52.8 Å². The number of aliphatic hydroxyl groups is 1. The molecule has 1 saturated carbocycles. The molecule has 16 heteroatoms. The Morgan fingerprint density at radius 3 is 2.05 bits per heavy atom. The molecule has 4 rings (SSSR count). The van der Waals surface area contributed by atoms with Gasteiger partial charge in [0.05, 0.1) is 12.8 Å². The van der Waals surface area contributed by atoms with Crippen molar-refractivity contribution in [3.63, 3.8) is 0 Å². The number of rotatable bonds is 7. The van der Waals surface area contributed by atoms with Crippen LogP contribution in [0.4, 0.5) is 13.2 Å². The number of likely N-dealkylation sites (tertiary alicyclic amines) is 1. The van der Waals surface area contributed by atoms with Gasteiger partial charge in [0.15, 0.2) is 11.3 Å². The summed E-state index contributed by atoms with van der Waals surface area (Å²) < 4.78 is 40.5. The number of hydrogen-bond acceptors (Lipinski definition) is 8. The van der Waals surface area contributed by atoms with Crippen LogP contribution in [0.2, 0.25) is 0 Å². The molecule has 2 atom stereocenters. The summed E-state index contributed by atoms with van der Waals surface area (Å²) in [6.45, 7) is 3.19. The van der Waals surface area contributed by atoms with Gasteiger partial charge >= 0.3 is 24.1 Å². The monoisotopic (exact) mass is 545 g/mol. The number of aliphatic carboxylic acids is 3. The molecule has 208 valence electrons. The summed E-state index contributed by atoms with van der Waals surface area (Å²) in [4.78, 5) is 52.7. The molecule has 2 aromatic rings. The molecule has 2 fully saturated rings. The number of fused-ring (bicyclic) bond motifs is 1. The Labute approximate surface area is 212 Å². The minimum atomic E-state index is -4.53. The van der Waals surface area contributed by atoms with Gasteiger partial charge in [-0.1, -0.05) is 6.92 Å². The van der Waals surface area contributed by atoms with E-state index in [0.717, 1.165) is 23.3 Å². The van der Waals surface area contributed by atoms with Crippen LogP contribution in [0.25, 0.3) is 5.78 Å². The second-order valence-corrected chi connectivity index (χ2v) is 9.43. The third-order valence-electron chi connectivity index (χ3n) is 6.50. The van der Waals surface area contributed by atoms with Crippen LogP contribution in [-0.2, 0) is 25.4 Å². The summed E-state index contributed by atoms with van der Waals surface area (Å²) >= 11 is 0. The van der Waals surface area contributed by atoms with Crippen LogP contribution in [0.1, 0.15) is 56.3 Å². The maximum atomic E-state index is 13.3. The Morgan fingerprint density at radius 1 is 1.05 bits per heavy atom. The Bertz CT molecular complexity index is 1210.